The molecule has 1 heterocycles. The molecule has 3 aromatic carbocycles. The van der Waals surface area contributed by atoms with Crippen LogP contribution in [0.4, 0.5) is 11.4 Å². The van der Waals surface area contributed by atoms with Gasteiger partial charge in [0.05, 0.1) is 12.3 Å². The Morgan fingerprint density at radius 1 is 1.00 bits per heavy atom. The van der Waals surface area contributed by atoms with Crippen molar-refractivity contribution in [1.29, 1.82) is 0 Å². The van der Waals surface area contributed by atoms with E-state index in [-0.39, 0.29) is 11.8 Å². The number of carbonyl (C=O) groups is 2. The number of unbranched alkanes of at least 4 members (excludes halogenated alkanes) is 2. The summed E-state index contributed by atoms with van der Waals surface area (Å²) < 4.78 is 5.71. The normalized spacial score (nSPS) is 12.5. The summed E-state index contributed by atoms with van der Waals surface area (Å²) in [7, 11) is 0. The fraction of sp³-hybridized carbons (Fsp3) is 0.280. The van der Waals surface area contributed by atoms with Gasteiger partial charge in [-0.05, 0) is 55.8 Å². The van der Waals surface area contributed by atoms with Gasteiger partial charge in [-0.25, -0.2) is 0 Å². The predicted molar refractivity (Wildman–Crippen MR) is 121 cm³/mol. The van der Waals surface area contributed by atoms with Crippen molar-refractivity contribution < 1.29 is 14.3 Å². The number of hydrogen-bond acceptors (Lipinski definition) is 3. The van der Waals surface area contributed by atoms with E-state index in [0.717, 1.165) is 41.5 Å². The number of benzene rings is 3. The first-order valence-corrected chi connectivity index (χ1v) is 10.6. The molecule has 0 aromatic heterocycles. The molecule has 2 amide bonds. The molecular formula is C25H26N2O3. The molecule has 5 nitrogen and oxygen atoms in total. The zero-order chi connectivity index (χ0) is 21.1. The van der Waals surface area contributed by atoms with E-state index in [1.807, 2.05) is 49.4 Å². The predicted octanol–water partition coefficient (Wildman–Crippen LogP) is 5.64. The van der Waals surface area contributed by atoms with Gasteiger partial charge >= 0.3 is 0 Å². The van der Waals surface area contributed by atoms with Crippen LogP contribution in [0.25, 0.3) is 10.8 Å². The van der Waals surface area contributed by atoms with Crippen molar-refractivity contribution in [3.05, 3.63) is 65.7 Å². The lowest BCUT2D eigenvalue weighted by atomic mass is 10.0. The van der Waals surface area contributed by atoms with E-state index in [4.69, 9.17) is 4.74 Å². The Morgan fingerprint density at radius 2 is 1.80 bits per heavy atom. The number of nitrogens with one attached hydrogen (secondary N) is 1. The van der Waals surface area contributed by atoms with Crippen LogP contribution in [0.3, 0.4) is 0 Å². The smallest absolute Gasteiger partial charge is 0.258 e. The summed E-state index contributed by atoms with van der Waals surface area (Å²) in [6.07, 6.45) is 3.34. The third kappa shape index (κ3) is 3.63. The molecule has 0 radical (unpaired) electrons. The Hall–Kier alpha value is -3.34. The first-order chi connectivity index (χ1) is 14.6. The molecule has 1 aliphatic heterocycles. The maximum absolute atomic E-state index is 12.8. The number of anilines is 2. The fourth-order valence-corrected chi connectivity index (χ4v) is 3.91. The van der Waals surface area contributed by atoms with E-state index in [1.165, 1.54) is 0 Å². The number of hydrogen-bond donors (Lipinski definition) is 1. The van der Waals surface area contributed by atoms with E-state index < -0.39 is 0 Å². The monoisotopic (exact) mass is 402 g/mol. The van der Waals surface area contributed by atoms with Crippen LogP contribution in [0.15, 0.2) is 54.6 Å². The van der Waals surface area contributed by atoms with Crippen molar-refractivity contribution >= 4 is 34.0 Å². The van der Waals surface area contributed by atoms with Crippen LogP contribution in [0.1, 0.15) is 53.8 Å². The van der Waals surface area contributed by atoms with Crippen LogP contribution < -0.4 is 15.0 Å². The van der Waals surface area contributed by atoms with Crippen molar-refractivity contribution in [2.45, 2.75) is 33.1 Å². The van der Waals surface area contributed by atoms with Gasteiger partial charge in [-0.3, -0.25) is 9.59 Å². The second-order valence-corrected chi connectivity index (χ2v) is 7.44. The third-order valence-electron chi connectivity index (χ3n) is 5.48. The highest BCUT2D eigenvalue weighted by Gasteiger charge is 2.29. The SMILES string of the molecule is CCCCCOc1ccc(C(=O)Nc2ccc3c4c(cccc24)C(=O)N3CC)cc1. The van der Waals surface area contributed by atoms with Gasteiger partial charge in [-0.1, -0.05) is 31.9 Å². The number of amides is 2. The van der Waals surface area contributed by atoms with Crippen LogP contribution in [0.2, 0.25) is 0 Å². The van der Waals surface area contributed by atoms with Crippen LogP contribution >= 0.6 is 0 Å². The second kappa shape index (κ2) is 8.57. The van der Waals surface area contributed by atoms with Gasteiger partial charge in [-0.15, -0.1) is 0 Å². The van der Waals surface area contributed by atoms with Crippen LogP contribution in [0.5, 0.6) is 5.75 Å². The average molecular weight is 402 g/mol. The number of ether oxygens (including phenoxy) is 1. The largest absolute Gasteiger partial charge is 0.494 e. The molecule has 4 rings (SSSR count). The maximum atomic E-state index is 12.8. The lowest BCUT2D eigenvalue weighted by molar-refractivity contribution is 0.0992. The van der Waals surface area contributed by atoms with E-state index in [0.29, 0.717) is 30.0 Å². The summed E-state index contributed by atoms with van der Waals surface area (Å²) in [4.78, 5) is 27.2. The van der Waals surface area contributed by atoms with Crippen LogP contribution in [0, 0.1) is 0 Å². The van der Waals surface area contributed by atoms with Gasteiger partial charge in [0.15, 0.2) is 0 Å². The summed E-state index contributed by atoms with van der Waals surface area (Å²) in [5.74, 6) is 0.590. The highest BCUT2D eigenvalue weighted by molar-refractivity contribution is 6.27. The Kier molecular flexibility index (Phi) is 5.70. The Labute approximate surface area is 176 Å². The van der Waals surface area contributed by atoms with Gasteiger partial charge in [0.25, 0.3) is 11.8 Å². The van der Waals surface area contributed by atoms with Crippen molar-refractivity contribution in [1.82, 2.24) is 0 Å². The molecule has 0 aliphatic carbocycles. The molecular weight excluding hydrogens is 376 g/mol. The molecule has 0 saturated heterocycles. The van der Waals surface area contributed by atoms with Crippen molar-refractivity contribution in [3.8, 4) is 5.75 Å². The van der Waals surface area contributed by atoms with Gasteiger partial charge in [0.2, 0.25) is 0 Å². The molecule has 30 heavy (non-hydrogen) atoms. The van der Waals surface area contributed by atoms with E-state index >= 15 is 0 Å². The number of carbonyl (C=O) groups excluding carboxylic acids is 2. The standard InChI is InChI=1S/C25H26N2O3/c1-3-5-6-16-30-18-12-10-17(11-13-18)24(28)26-21-14-15-22-23-19(21)8-7-9-20(23)25(29)27(22)4-2/h7-15H,3-6,16H2,1-2H3,(H,26,28). The van der Waals surface area contributed by atoms with Gasteiger partial charge in [-0.2, -0.15) is 0 Å². The fourth-order valence-electron chi connectivity index (χ4n) is 3.91. The molecule has 154 valence electrons. The molecule has 3 aromatic rings. The minimum Gasteiger partial charge on any atom is -0.494 e. The van der Waals surface area contributed by atoms with Crippen molar-refractivity contribution in [3.63, 3.8) is 0 Å². The molecule has 5 heteroatoms. The minimum absolute atomic E-state index is 0.0103. The molecule has 0 atom stereocenters. The number of nitrogens with zero attached hydrogens (tertiary/aromatic N) is 1. The van der Waals surface area contributed by atoms with Crippen molar-refractivity contribution in [2.75, 3.05) is 23.4 Å². The minimum atomic E-state index is -0.190. The highest BCUT2D eigenvalue weighted by atomic mass is 16.5. The molecule has 0 spiro atoms. The summed E-state index contributed by atoms with van der Waals surface area (Å²) in [6.45, 7) is 5.42. The summed E-state index contributed by atoms with van der Waals surface area (Å²) in [5, 5.41) is 4.78. The van der Waals surface area contributed by atoms with Gasteiger partial charge in [0, 0.05) is 34.1 Å². The molecule has 0 bridgehead atoms. The van der Waals surface area contributed by atoms with E-state index in [2.05, 4.69) is 12.2 Å². The Morgan fingerprint density at radius 3 is 2.53 bits per heavy atom. The Balaban J connectivity index is 1.53. The third-order valence-corrected chi connectivity index (χ3v) is 5.48. The molecule has 0 saturated carbocycles. The lowest BCUT2D eigenvalue weighted by Crippen LogP contribution is -2.25. The maximum Gasteiger partial charge on any atom is 0.258 e. The van der Waals surface area contributed by atoms with Crippen LogP contribution in [-0.4, -0.2) is 25.0 Å². The molecule has 1 N–H and O–H groups in total. The van der Waals surface area contributed by atoms with Gasteiger partial charge < -0.3 is 15.0 Å². The van der Waals surface area contributed by atoms with E-state index in [1.54, 1.807) is 17.0 Å². The summed E-state index contributed by atoms with van der Waals surface area (Å²) in [6, 6.07) is 16.6. The van der Waals surface area contributed by atoms with Gasteiger partial charge in [0.1, 0.15) is 5.75 Å². The summed E-state index contributed by atoms with van der Waals surface area (Å²) in [5.41, 5.74) is 2.84. The lowest BCUT2D eigenvalue weighted by Gasteiger charge is -2.15. The zero-order valence-electron chi connectivity index (χ0n) is 17.4. The van der Waals surface area contributed by atoms with E-state index in [9.17, 15) is 9.59 Å². The van der Waals surface area contributed by atoms with Crippen LogP contribution in [-0.2, 0) is 0 Å². The Bertz CT molecular complexity index is 1090. The first kappa shape index (κ1) is 20.0. The number of rotatable bonds is 8. The molecule has 0 fully saturated rings. The summed E-state index contributed by atoms with van der Waals surface area (Å²) >= 11 is 0. The molecule has 1 aliphatic rings. The highest BCUT2D eigenvalue weighted by Crippen LogP contribution is 2.40. The average Bonchev–Trinajstić information content (AvgIpc) is 3.06. The zero-order valence-corrected chi connectivity index (χ0v) is 17.4. The van der Waals surface area contributed by atoms with Crippen molar-refractivity contribution in [2.24, 2.45) is 0 Å². The second-order valence-electron chi connectivity index (χ2n) is 7.44. The first-order valence-electron chi connectivity index (χ1n) is 10.6. The molecule has 0 unspecified atom stereocenters. The topological polar surface area (TPSA) is 58.6 Å². The quantitative estimate of drug-likeness (QED) is 0.496.